The van der Waals surface area contributed by atoms with E-state index in [-0.39, 0.29) is 36.6 Å². The molecular formula is C22H18N2O3S2. The highest BCUT2D eigenvalue weighted by Crippen LogP contribution is 2.40. The molecule has 0 radical (unpaired) electrons. The van der Waals surface area contributed by atoms with Crippen molar-refractivity contribution in [1.29, 1.82) is 0 Å². The van der Waals surface area contributed by atoms with Crippen LogP contribution in [0.1, 0.15) is 44.6 Å². The maximum absolute atomic E-state index is 13.4. The van der Waals surface area contributed by atoms with Crippen LogP contribution in [0.3, 0.4) is 0 Å². The summed E-state index contributed by atoms with van der Waals surface area (Å²) in [7, 11) is 0. The van der Waals surface area contributed by atoms with Crippen LogP contribution in [0, 0.1) is 0 Å². The minimum Gasteiger partial charge on any atom is -0.326 e. The molecule has 0 bridgehead atoms. The summed E-state index contributed by atoms with van der Waals surface area (Å²) in [4.78, 5) is 42.9. The van der Waals surface area contributed by atoms with Gasteiger partial charge in [0.05, 0.1) is 11.7 Å². The van der Waals surface area contributed by atoms with Crippen molar-refractivity contribution >= 4 is 46.1 Å². The van der Waals surface area contributed by atoms with Crippen LogP contribution in [-0.4, -0.2) is 29.2 Å². The number of carbonyl (C=O) groups is 3. The van der Waals surface area contributed by atoms with Crippen molar-refractivity contribution in [2.45, 2.75) is 25.3 Å². The normalized spacial score (nSPS) is 19.0. The van der Waals surface area contributed by atoms with E-state index < -0.39 is 0 Å². The maximum atomic E-state index is 13.4. The fraction of sp³-hybridized carbons (Fsp3) is 0.227. The molecule has 4 heterocycles. The topological polar surface area (TPSA) is 57.7 Å². The summed E-state index contributed by atoms with van der Waals surface area (Å²) in [6.45, 7) is 0.666. The largest absolute Gasteiger partial charge is 0.326 e. The van der Waals surface area contributed by atoms with E-state index in [0.717, 1.165) is 11.3 Å². The van der Waals surface area contributed by atoms with Gasteiger partial charge in [0.15, 0.2) is 0 Å². The molecule has 1 unspecified atom stereocenters. The highest BCUT2D eigenvalue weighted by atomic mass is 32.1. The van der Waals surface area contributed by atoms with Gasteiger partial charge in [-0.25, -0.2) is 0 Å². The highest BCUT2D eigenvalue weighted by Gasteiger charge is 2.34. The van der Waals surface area contributed by atoms with Crippen molar-refractivity contribution in [2.24, 2.45) is 0 Å². The quantitative estimate of drug-likeness (QED) is 0.593. The molecule has 1 saturated heterocycles. The lowest BCUT2D eigenvalue weighted by molar-refractivity contribution is -0.121. The number of hydrogen-bond donors (Lipinski definition) is 0. The second-order valence-corrected chi connectivity index (χ2v) is 9.12. The van der Waals surface area contributed by atoms with Crippen molar-refractivity contribution in [3.63, 3.8) is 0 Å². The Balaban J connectivity index is 1.45. The SMILES string of the molecule is O=C1CCC(=O)N1c1ccc(C(=O)N2CCc3sccc3C2c2cccs2)cc1. The number of nitrogens with zero attached hydrogens (tertiary/aromatic N) is 2. The smallest absolute Gasteiger partial charge is 0.254 e. The van der Waals surface area contributed by atoms with E-state index in [4.69, 9.17) is 0 Å². The lowest BCUT2D eigenvalue weighted by Gasteiger charge is -2.35. The van der Waals surface area contributed by atoms with Crippen LogP contribution in [-0.2, 0) is 16.0 Å². The van der Waals surface area contributed by atoms with E-state index in [1.165, 1.54) is 15.3 Å². The number of fused-ring (bicyclic) bond motifs is 1. The average Bonchev–Trinajstić information content (AvgIpc) is 3.48. The lowest BCUT2D eigenvalue weighted by atomic mass is 9.97. The molecule has 3 aromatic rings. The number of imide groups is 1. The molecule has 0 N–H and O–H groups in total. The summed E-state index contributed by atoms with van der Waals surface area (Å²) in [5.41, 5.74) is 2.30. The van der Waals surface area contributed by atoms with Crippen LogP contribution >= 0.6 is 22.7 Å². The first kappa shape index (κ1) is 18.3. The molecule has 2 aromatic heterocycles. The molecule has 7 heteroatoms. The zero-order valence-electron chi connectivity index (χ0n) is 15.5. The third-order valence-electron chi connectivity index (χ3n) is 5.46. The number of benzene rings is 1. The molecule has 0 spiro atoms. The van der Waals surface area contributed by atoms with Crippen LogP contribution in [0.5, 0.6) is 0 Å². The molecular weight excluding hydrogens is 404 g/mol. The summed E-state index contributed by atoms with van der Waals surface area (Å²) in [6.07, 6.45) is 1.35. The molecule has 1 atom stereocenters. The summed E-state index contributed by atoms with van der Waals surface area (Å²) < 4.78 is 0. The Morgan fingerprint density at radius 2 is 1.66 bits per heavy atom. The Labute approximate surface area is 176 Å². The molecule has 1 fully saturated rings. The predicted molar refractivity (Wildman–Crippen MR) is 113 cm³/mol. The van der Waals surface area contributed by atoms with E-state index in [1.807, 2.05) is 16.3 Å². The van der Waals surface area contributed by atoms with Gasteiger partial charge < -0.3 is 4.90 Å². The number of thiophene rings is 2. The predicted octanol–water partition coefficient (Wildman–Crippen LogP) is 4.25. The minimum atomic E-state index is -0.187. The van der Waals surface area contributed by atoms with Gasteiger partial charge in [0.2, 0.25) is 11.8 Å². The van der Waals surface area contributed by atoms with E-state index in [1.54, 1.807) is 46.9 Å². The third kappa shape index (κ3) is 3.10. The Morgan fingerprint density at radius 3 is 2.34 bits per heavy atom. The summed E-state index contributed by atoms with van der Waals surface area (Å²) in [6, 6.07) is 13.0. The minimum absolute atomic E-state index is 0.0362. The Hall–Kier alpha value is -2.77. The molecule has 2 aliphatic heterocycles. The maximum Gasteiger partial charge on any atom is 0.254 e. The Kier molecular flexibility index (Phi) is 4.56. The van der Waals surface area contributed by atoms with Crippen molar-refractivity contribution in [3.05, 3.63) is 74.1 Å². The van der Waals surface area contributed by atoms with Gasteiger partial charge >= 0.3 is 0 Å². The van der Waals surface area contributed by atoms with Gasteiger partial charge in [-0.2, -0.15) is 0 Å². The lowest BCUT2D eigenvalue weighted by Crippen LogP contribution is -2.39. The van der Waals surface area contributed by atoms with Crippen molar-refractivity contribution in [2.75, 3.05) is 11.4 Å². The van der Waals surface area contributed by atoms with Crippen molar-refractivity contribution < 1.29 is 14.4 Å². The van der Waals surface area contributed by atoms with Gasteiger partial charge in [-0.15, -0.1) is 22.7 Å². The molecule has 0 saturated carbocycles. The number of amides is 3. The number of anilines is 1. The molecule has 3 amide bonds. The fourth-order valence-electron chi connectivity index (χ4n) is 4.07. The average molecular weight is 423 g/mol. The van der Waals surface area contributed by atoms with E-state index in [0.29, 0.717) is 17.8 Å². The van der Waals surface area contributed by atoms with Gasteiger partial charge in [-0.05, 0) is 59.1 Å². The molecule has 29 heavy (non-hydrogen) atoms. The first-order chi connectivity index (χ1) is 14.1. The number of rotatable bonds is 3. The van der Waals surface area contributed by atoms with Gasteiger partial charge in [0, 0.05) is 34.7 Å². The van der Waals surface area contributed by atoms with Crippen LogP contribution in [0.15, 0.2) is 53.2 Å². The van der Waals surface area contributed by atoms with Crippen molar-refractivity contribution in [3.8, 4) is 0 Å². The van der Waals surface area contributed by atoms with E-state index >= 15 is 0 Å². The van der Waals surface area contributed by atoms with Gasteiger partial charge in [-0.1, -0.05) is 6.07 Å². The Bertz CT molecular complexity index is 1070. The highest BCUT2D eigenvalue weighted by molar-refractivity contribution is 7.10. The van der Waals surface area contributed by atoms with Crippen LogP contribution in [0.4, 0.5) is 5.69 Å². The second-order valence-electron chi connectivity index (χ2n) is 7.14. The number of hydrogen-bond acceptors (Lipinski definition) is 5. The zero-order valence-corrected chi connectivity index (χ0v) is 17.2. The van der Waals surface area contributed by atoms with E-state index in [9.17, 15) is 14.4 Å². The molecule has 2 aliphatic rings. The fourth-order valence-corrected chi connectivity index (χ4v) is 5.83. The first-order valence-electron chi connectivity index (χ1n) is 9.50. The number of carbonyl (C=O) groups excluding carboxylic acids is 3. The molecule has 5 rings (SSSR count). The van der Waals surface area contributed by atoms with Gasteiger partial charge in [0.25, 0.3) is 5.91 Å². The van der Waals surface area contributed by atoms with Crippen LogP contribution < -0.4 is 4.90 Å². The second kappa shape index (κ2) is 7.24. The summed E-state index contributed by atoms with van der Waals surface area (Å²) in [5.74, 6) is -0.411. The monoisotopic (exact) mass is 422 g/mol. The Morgan fingerprint density at radius 1 is 0.897 bits per heavy atom. The van der Waals surface area contributed by atoms with Gasteiger partial charge in [0.1, 0.15) is 0 Å². The third-order valence-corrected chi connectivity index (χ3v) is 7.38. The standard InChI is InChI=1S/C22H18N2O3S2/c25-19-7-8-20(26)24(19)15-5-3-14(4-6-15)22(27)23-11-9-17-16(10-13-29-17)21(23)18-2-1-12-28-18/h1-6,10,12-13,21H,7-9,11H2. The molecule has 0 aliphatic carbocycles. The summed E-state index contributed by atoms with van der Waals surface area (Å²) in [5, 5.41) is 4.13. The van der Waals surface area contributed by atoms with Crippen LogP contribution in [0.2, 0.25) is 0 Å². The van der Waals surface area contributed by atoms with E-state index in [2.05, 4.69) is 17.5 Å². The van der Waals surface area contributed by atoms with Gasteiger partial charge in [-0.3, -0.25) is 19.3 Å². The molecule has 5 nitrogen and oxygen atoms in total. The first-order valence-corrected chi connectivity index (χ1v) is 11.3. The van der Waals surface area contributed by atoms with Crippen LogP contribution in [0.25, 0.3) is 0 Å². The zero-order chi connectivity index (χ0) is 20.0. The molecule has 1 aromatic carbocycles. The summed E-state index contributed by atoms with van der Waals surface area (Å²) >= 11 is 3.41. The van der Waals surface area contributed by atoms with Crippen molar-refractivity contribution in [1.82, 2.24) is 4.90 Å². The molecule has 146 valence electrons.